The van der Waals surface area contributed by atoms with Crippen molar-refractivity contribution in [2.24, 2.45) is 0 Å². The number of esters is 1. The Labute approximate surface area is 151 Å². The molecule has 132 valence electrons. The molecule has 0 aliphatic carbocycles. The van der Waals surface area contributed by atoms with Gasteiger partial charge in [-0.3, -0.25) is 4.79 Å². The van der Waals surface area contributed by atoms with Crippen LogP contribution in [0.1, 0.15) is 18.1 Å². The summed E-state index contributed by atoms with van der Waals surface area (Å²) in [5.41, 5.74) is 1.60. The maximum atomic E-state index is 12.1. The van der Waals surface area contributed by atoms with Crippen LogP contribution in [-0.2, 0) is 14.3 Å². The molecule has 2 aromatic carbocycles. The number of hydrogen-bond donors (Lipinski definition) is 1. The molecule has 0 unspecified atom stereocenters. The molecule has 0 heterocycles. The number of hydrogen-bond acceptors (Lipinski definition) is 5. The molecule has 0 radical (unpaired) electrons. The van der Waals surface area contributed by atoms with E-state index in [0.29, 0.717) is 17.0 Å². The normalized spacial score (nSPS) is 11.4. The van der Waals surface area contributed by atoms with Crippen LogP contribution in [0.15, 0.2) is 54.6 Å². The summed E-state index contributed by atoms with van der Waals surface area (Å²) in [6.45, 7) is 1.47. The Bertz CT molecular complexity index is 868. The summed E-state index contributed by atoms with van der Waals surface area (Å²) in [4.78, 5) is 24.0. The molecule has 1 atom stereocenters. The van der Waals surface area contributed by atoms with Crippen molar-refractivity contribution in [3.63, 3.8) is 0 Å². The fraction of sp³-hybridized carbons (Fsp3) is 0.150. The van der Waals surface area contributed by atoms with Gasteiger partial charge in [0, 0.05) is 17.3 Å². The second-order valence-electron chi connectivity index (χ2n) is 5.34. The van der Waals surface area contributed by atoms with E-state index in [9.17, 15) is 9.59 Å². The van der Waals surface area contributed by atoms with Gasteiger partial charge >= 0.3 is 5.97 Å². The third-order valence-electron chi connectivity index (χ3n) is 3.46. The lowest BCUT2D eigenvalue weighted by Crippen LogP contribution is -2.29. The van der Waals surface area contributed by atoms with Crippen LogP contribution in [0, 0.1) is 11.3 Å². The number of rotatable bonds is 6. The average Bonchev–Trinajstić information content (AvgIpc) is 2.66. The molecule has 0 spiro atoms. The quantitative estimate of drug-likeness (QED) is 0.639. The zero-order valence-electron chi connectivity index (χ0n) is 14.4. The molecule has 0 saturated carbocycles. The number of para-hydroxylation sites is 1. The molecular formula is C20H18N2O4. The Morgan fingerprint density at radius 2 is 1.96 bits per heavy atom. The summed E-state index contributed by atoms with van der Waals surface area (Å²) in [5, 5.41) is 11.5. The number of nitriles is 1. The number of anilines is 1. The van der Waals surface area contributed by atoms with Crippen molar-refractivity contribution in [3.8, 4) is 11.8 Å². The highest BCUT2D eigenvalue weighted by Gasteiger charge is 2.16. The zero-order chi connectivity index (χ0) is 18.9. The Morgan fingerprint density at radius 3 is 2.69 bits per heavy atom. The van der Waals surface area contributed by atoms with Crippen LogP contribution in [-0.4, -0.2) is 25.1 Å². The van der Waals surface area contributed by atoms with Gasteiger partial charge in [0.1, 0.15) is 5.75 Å². The van der Waals surface area contributed by atoms with Crippen LogP contribution in [0.2, 0.25) is 0 Å². The van der Waals surface area contributed by atoms with E-state index in [4.69, 9.17) is 14.7 Å². The largest absolute Gasteiger partial charge is 0.496 e. The lowest BCUT2D eigenvalue weighted by Gasteiger charge is -2.12. The van der Waals surface area contributed by atoms with E-state index >= 15 is 0 Å². The maximum Gasteiger partial charge on any atom is 0.331 e. The number of nitrogens with one attached hydrogen (secondary N) is 1. The maximum absolute atomic E-state index is 12.1. The molecule has 26 heavy (non-hydrogen) atoms. The summed E-state index contributed by atoms with van der Waals surface area (Å²) < 4.78 is 10.3. The average molecular weight is 350 g/mol. The molecule has 6 heteroatoms. The summed E-state index contributed by atoms with van der Waals surface area (Å²) in [6, 6.07) is 15.7. The van der Waals surface area contributed by atoms with Crippen molar-refractivity contribution >= 4 is 23.6 Å². The van der Waals surface area contributed by atoms with E-state index in [2.05, 4.69) is 5.32 Å². The number of benzene rings is 2. The van der Waals surface area contributed by atoms with E-state index in [-0.39, 0.29) is 0 Å². The van der Waals surface area contributed by atoms with Crippen molar-refractivity contribution in [1.29, 1.82) is 5.26 Å². The van der Waals surface area contributed by atoms with Gasteiger partial charge in [-0.05, 0) is 37.3 Å². The highest BCUT2D eigenvalue weighted by atomic mass is 16.5. The van der Waals surface area contributed by atoms with E-state index in [1.807, 2.05) is 18.2 Å². The van der Waals surface area contributed by atoms with Crippen molar-refractivity contribution in [1.82, 2.24) is 0 Å². The molecular weight excluding hydrogens is 332 g/mol. The minimum absolute atomic E-state index is 0.423. The molecule has 0 aromatic heterocycles. The fourth-order valence-electron chi connectivity index (χ4n) is 2.14. The number of nitrogens with zero attached hydrogens (tertiary/aromatic N) is 1. The first kappa shape index (κ1) is 18.7. The summed E-state index contributed by atoms with van der Waals surface area (Å²) in [7, 11) is 1.54. The number of ether oxygens (including phenoxy) is 2. The lowest BCUT2D eigenvalue weighted by molar-refractivity contribution is -0.148. The second-order valence-corrected chi connectivity index (χ2v) is 5.34. The summed E-state index contributed by atoms with van der Waals surface area (Å²) in [6.07, 6.45) is 1.80. The molecule has 2 rings (SSSR count). The van der Waals surface area contributed by atoms with Crippen molar-refractivity contribution in [3.05, 3.63) is 65.7 Å². The van der Waals surface area contributed by atoms with Crippen LogP contribution in [0.3, 0.4) is 0 Å². The summed E-state index contributed by atoms with van der Waals surface area (Å²) in [5.74, 6) is -0.511. The number of methoxy groups -OCH3 is 1. The first-order valence-electron chi connectivity index (χ1n) is 7.86. The van der Waals surface area contributed by atoms with Crippen LogP contribution >= 0.6 is 0 Å². The van der Waals surface area contributed by atoms with E-state index in [0.717, 1.165) is 5.56 Å². The van der Waals surface area contributed by atoms with Crippen molar-refractivity contribution in [2.75, 3.05) is 12.4 Å². The summed E-state index contributed by atoms with van der Waals surface area (Å²) >= 11 is 0. The lowest BCUT2D eigenvalue weighted by atomic mass is 10.2. The molecule has 0 fully saturated rings. The van der Waals surface area contributed by atoms with Gasteiger partial charge in [0.2, 0.25) is 0 Å². The third-order valence-corrected chi connectivity index (χ3v) is 3.46. The fourth-order valence-corrected chi connectivity index (χ4v) is 2.14. The van der Waals surface area contributed by atoms with E-state index in [1.165, 1.54) is 19.1 Å². The van der Waals surface area contributed by atoms with Gasteiger partial charge in [-0.25, -0.2) is 4.79 Å². The standard InChI is InChI=1S/C20H18N2O4/c1-14(20(24)22-17-8-5-6-15(12-17)13-21)26-19(23)11-10-16-7-3-4-9-18(16)25-2/h3-12,14H,1-2H3,(H,22,24)/b11-10+/t14-/m0/s1. The van der Waals surface area contributed by atoms with Crippen molar-refractivity contribution < 1.29 is 19.1 Å². The molecule has 6 nitrogen and oxygen atoms in total. The predicted octanol–water partition coefficient (Wildman–Crippen LogP) is 3.15. The minimum atomic E-state index is -0.990. The van der Waals surface area contributed by atoms with Gasteiger partial charge < -0.3 is 14.8 Å². The van der Waals surface area contributed by atoms with Gasteiger partial charge in [-0.15, -0.1) is 0 Å². The third kappa shape index (κ3) is 5.21. The number of amides is 1. The number of carbonyl (C=O) groups is 2. The molecule has 2 aromatic rings. The van der Waals surface area contributed by atoms with Gasteiger partial charge in [0.15, 0.2) is 6.10 Å². The van der Waals surface area contributed by atoms with Crippen LogP contribution in [0.4, 0.5) is 5.69 Å². The molecule has 0 aliphatic heterocycles. The molecule has 1 amide bonds. The Hall–Kier alpha value is -3.59. The van der Waals surface area contributed by atoms with E-state index < -0.39 is 18.0 Å². The van der Waals surface area contributed by atoms with Crippen LogP contribution in [0.25, 0.3) is 6.08 Å². The first-order chi connectivity index (χ1) is 12.5. The van der Waals surface area contributed by atoms with Crippen LogP contribution in [0.5, 0.6) is 5.75 Å². The van der Waals surface area contributed by atoms with Gasteiger partial charge in [0.25, 0.3) is 5.91 Å². The van der Waals surface area contributed by atoms with Gasteiger partial charge in [0.05, 0.1) is 18.7 Å². The Morgan fingerprint density at radius 1 is 1.19 bits per heavy atom. The van der Waals surface area contributed by atoms with Crippen molar-refractivity contribution in [2.45, 2.75) is 13.0 Å². The Kier molecular flexibility index (Phi) is 6.52. The topological polar surface area (TPSA) is 88.4 Å². The Balaban J connectivity index is 1.94. The molecule has 0 saturated heterocycles. The smallest absolute Gasteiger partial charge is 0.331 e. The van der Waals surface area contributed by atoms with Crippen LogP contribution < -0.4 is 10.1 Å². The number of carbonyl (C=O) groups excluding carboxylic acids is 2. The highest BCUT2D eigenvalue weighted by molar-refractivity contribution is 5.96. The zero-order valence-corrected chi connectivity index (χ0v) is 14.4. The van der Waals surface area contributed by atoms with E-state index in [1.54, 1.807) is 43.5 Å². The monoisotopic (exact) mass is 350 g/mol. The van der Waals surface area contributed by atoms with Gasteiger partial charge in [-0.2, -0.15) is 5.26 Å². The molecule has 1 N–H and O–H groups in total. The predicted molar refractivity (Wildman–Crippen MR) is 97.4 cm³/mol. The first-order valence-corrected chi connectivity index (χ1v) is 7.86. The SMILES string of the molecule is COc1ccccc1/C=C/C(=O)O[C@@H](C)C(=O)Nc1cccc(C#N)c1. The second kappa shape index (κ2) is 9.04. The molecule has 0 aliphatic rings. The molecule has 0 bridgehead atoms. The minimum Gasteiger partial charge on any atom is -0.496 e. The highest BCUT2D eigenvalue weighted by Crippen LogP contribution is 2.18. The van der Waals surface area contributed by atoms with Gasteiger partial charge in [-0.1, -0.05) is 24.3 Å².